The fraction of sp³-hybridized carbons (Fsp3) is 0.429. The molecule has 0 aromatic carbocycles. The van der Waals surface area contributed by atoms with E-state index in [9.17, 15) is 22.4 Å². The normalized spacial score (nSPS) is 23.8. The van der Waals surface area contributed by atoms with Gasteiger partial charge in [-0.15, -0.1) is 0 Å². The molecule has 8 nitrogen and oxygen atoms in total. The van der Waals surface area contributed by atoms with E-state index in [1.165, 1.54) is 22.7 Å². The maximum absolute atomic E-state index is 12.9. The number of carbonyl (C=O) groups is 1. The minimum absolute atomic E-state index is 0.100. The lowest BCUT2D eigenvalue weighted by atomic mass is 9.62. The molecule has 2 bridgehead atoms. The van der Waals surface area contributed by atoms with Crippen LogP contribution in [0.25, 0.3) is 5.65 Å². The van der Waals surface area contributed by atoms with Gasteiger partial charge in [-0.25, -0.2) is 32.5 Å². The van der Waals surface area contributed by atoms with Crippen molar-refractivity contribution >= 4 is 17.4 Å². The van der Waals surface area contributed by atoms with Gasteiger partial charge in [0.2, 0.25) is 5.65 Å². The Morgan fingerprint density at radius 3 is 2.67 bits per heavy atom. The number of hydrogen-bond donors (Lipinski definition) is 1. The van der Waals surface area contributed by atoms with E-state index in [4.69, 9.17) is 9.47 Å². The molecule has 0 atom stereocenters. The molecule has 174 valence electrons. The van der Waals surface area contributed by atoms with Gasteiger partial charge in [-0.3, -0.25) is 9.20 Å². The maximum atomic E-state index is 12.9. The van der Waals surface area contributed by atoms with Crippen LogP contribution in [0.5, 0.6) is 5.88 Å². The summed E-state index contributed by atoms with van der Waals surface area (Å²) >= 11 is 0. The maximum Gasteiger partial charge on any atom is 0.280 e. The van der Waals surface area contributed by atoms with Crippen molar-refractivity contribution in [1.29, 1.82) is 0 Å². The summed E-state index contributed by atoms with van der Waals surface area (Å²) in [6.07, 6.45) is -0.921. The Bertz CT molecular complexity index is 1230. The van der Waals surface area contributed by atoms with E-state index in [1.807, 2.05) is 6.92 Å². The molecule has 5 heterocycles. The highest BCUT2D eigenvalue weighted by molar-refractivity contribution is 6.02. The topological polar surface area (TPSA) is 90.6 Å². The van der Waals surface area contributed by atoms with E-state index in [2.05, 4.69) is 20.3 Å². The summed E-state index contributed by atoms with van der Waals surface area (Å²) < 4.78 is 63.8. The average molecular weight is 465 g/mol. The van der Waals surface area contributed by atoms with Gasteiger partial charge in [0.1, 0.15) is 17.2 Å². The molecule has 33 heavy (non-hydrogen) atoms. The first-order chi connectivity index (χ1) is 15.7. The first-order valence-corrected chi connectivity index (χ1v) is 10.2. The molecule has 2 saturated heterocycles. The number of amides is 1. The molecule has 1 N–H and O–H groups in total. The van der Waals surface area contributed by atoms with Crippen molar-refractivity contribution in [3.8, 4) is 5.88 Å². The van der Waals surface area contributed by atoms with Crippen LogP contribution in [-0.2, 0) is 10.2 Å². The van der Waals surface area contributed by atoms with Crippen LogP contribution in [0.2, 0.25) is 0 Å². The lowest BCUT2D eigenvalue weighted by Gasteiger charge is -2.41. The summed E-state index contributed by atoms with van der Waals surface area (Å²) in [5.41, 5.74) is -0.253. The zero-order valence-electron chi connectivity index (χ0n) is 17.4. The SMILES string of the molecule is CC12CC(c3cn4cc(C(=O)Nc5cccc(C(F)F)n5)nc(OCC(F)F)c4n3)(CO1)C2. The van der Waals surface area contributed by atoms with Crippen molar-refractivity contribution in [2.75, 3.05) is 18.5 Å². The minimum atomic E-state index is -2.80. The number of imidazole rings is 1. The average Bonchev–Trinajstić information content (AvgIpc) is 3.42. The van der Waals surface area contributed by atoms with Gasteiger partial charge < -0.3 is 14.8 Å². The number of aromatic nitrogens is 4. The molecule has 0 unspecified atom stereocenters. The summed E-state index contributed by atoms with van der Waals surface area (Å²) in [5.74, 6) is -1.11. The second-order valence-corrected chi connectivity index (χ2v) is 8.57. The summed E-state index contributed by atoms with van der Waals surface area (Å²) in [6.45, 7) is 1.58. The van der Waals surface area contributed by atoms with Crippen molar-refractivity contribution in [1.82, 2.24) is 19.4 Å². The zero-order valence-corrected chi connectivity index (χ0v) is 17.4. The van der Waals surface area contributed by atoms with E-state index < -0.39 is 31.1 Å². The molecular weight excluding hydrogens is 446 g/mol. The zero-order chi connectivity index (χ0) is 23.4. The van der Waals surface area contributed by atoms with Gasteiger partial charge in [0.25, 0.3) is 24.6 Å². The second-order valence-electron chi connectivity index (χ2n) is 8.57. The number of nitrogens with zero attached hydrogens (tertiary/aromatic N) is 4. The molecule has 1 saturated carbocycles. The summed E-state index contributed by atoms with van der Waals surface area (Å²) in [7, 11) is 0. The summed E-state index contributed by atoms with van der Waals surface area (Å²) in [4.78, 5) is 25.0. The number of rotatable bonds is 7. The van der Waals surface area contributed by atoms with Gasteiger partial charge >= 0.3 is 0 Å². The number of alkyl halides is 4. The predicted molar refractivity (Wildman–Crippen MR) is 107 cm³/mol. The fourth-order valence-electron chi connectivity index (χ4n) is 4.55. The molecule has 2 aliphatic heterocycles. The lowest BCUT2D eigenvalue weighted by molar-refractivity contribution is 0.0154. The number of fused-ring (bicyclic) bond motifs is 2. The van der Waals surface area contributed by atoms with Crippen LogP contribution in [0, 0.1) is 0 Å². The van der Waals surface area contributed by atoms with Crippen LogP contribution in [-0.4, -0.2) is 50.5 Å². The Labute approximate surface area is 185 Å². The Morgan fingerprint density at radius 2 is 2.00 bits per heavy atom. The van der Waals surface area contributed by atoms with Crippen LogP contribution in [0.15, 0.2) is 30.6 Å². The number of halogens is 4. The molecule has 3 aliphatic rings. The molecule has 0 spiro atoms. The lowest BCUT2D eigenvalue weighted by Crippen LogP contribution is -2.45. The van der Waals surface area contributed by atoms with E-state index in [-0.39, 0.29) is 34.1 Å². The highest BCUT2D eigenvalue weighted by Crippen LogP contribution is 2.58. The quantitative estimate of drug-likeness (QED) is 0.534. The summed E-state index contributed by atoms with van der Waals surface area (Å²) in [5, 5.41) is 2.39. The Kier molecular flexibility index (Phi) is 5.00. The van der Waals surface area contributed by atoms with Crippen molar-refractivity contribution in [3.63, 3.8) is 0 Å². The van der Waals surface area contributed by atoms with Crippen LogP contribution in [0.1, 0.15) is 48.1 Å². The highest BCUT2D eigenvalue weighted by atomic mass is 19.3. The first-order valence-electron chi connectivity index (χ1n) is 10.2. The van der Waals surface area contributed by atoms with Gasteiger partial charge in [0.05, 0.1) is 17.9 Å². The summed E-state index contributed by atoms with van der Waals surface area (Å²) in [6, 6.07) is 3.81. The Hall–Kier alpha value is -3.28. The third kappa shape index (κ3) is 3.88. The largest absolute Gasteiger partial charge is 0.469 e. The number of ether oxygens (including phenoxy) is 2. The molecule has 3 fully saturated rings. The third-order valence-corrected chi connectivity index (χ3v) is 5.89. The minimum Gasteiger partial charge on any atom is -0.469 e. The van der Waals surface area contributed by atoms with Crippen molar-refractivity contribution in [2.24, 2.45) is 0 Å². The van der Waals surface area contributed by atoms with Gasteiger partial charge in [-0.2, -0.15) is 0 Å². The second kappa shape index (κ2) is 7.65. The van der Waals surface area contributed by atoms with E-state index in [0.29, 0.717) is 12.3 Å². The Morgan fingerprint density at radius 1 is 1.21 bits per heavy atom. The van der Waals surface area contributed by atoms with Gasteiger partial charge in [0.15, 0.2) is 6.61 Å². The highest BCUT2D eigenvalue weighted by Gasteiger charge is 2.61. The number of anilines is 1. The predicted octanol–water partition coefficient (Wildman–Crippen LogP) is 3.78. The molecule has 3 aromatic rings. The molecule has 1 aliphatic carbocycles. The smallest absolute Gasteiger partial charge is 0.280 e. The van der Waals surface area contributed by atoms with Crippen LogP contribution >= 0.6 is 0 Å². The number of pyridine rings is 1. The van der Waals surface area contributed by atoms with Crippen molar-refractivity contribution in [3.05, 3.63) is 47.7 Å². The van der Waals surface area contributed by atoms with Gasteiger partial charge in [-0.05, 0) is 31.9 Å². The third-order valence-electron chi connectivity index (χ3n) is 5.89. The van der Waals surface area contributed by atoms with E-state index >= 15 is 0 Å². The first kappa shape index (κ1) is 21.6. The molecule has 1 amide bonds. The monoisotopic (exact) mass is 465 g/mol. The van der Waals surface area contributed by atoms with Crippen molar-refractivity contribution in [2.45, 2.75) is 43.6 Å². The molecule has 0 radical (unpaired) electrons. The van der Waals surface area contributed by atoms with E-state index in [1.54, 1.807) is 6.20 Å². The molecule has 6 rings (SSSR count). The van der Waals surface area contributed by atoms with Crippen LogP contribution < -0.4 is 10.1 Å². The number of nitrogens with one attached hydrogen (secondary N) is 1. The van der Waals surface area contributed by atoms with Gasteiger partial charge in [0, 0.05) is 17.8 Å². The van der Waals surface area contributed by atoms with Gasteiger partial charge in [-0.1, -0.05) is 6.07 Å². The molecular formula is C21H19F4N5O3. The number of carbonyl (C=O) groups excluding carboxylic acids is 1. The van der Waals surface area contributed by atoms with Crippen molar-refractivity contribution < 1.29 is 31.8 Å². The van der Waals surface area contributed by atoms with E-state index in [0.717, 1.165) is 18.9 Å². The standard InChI is InChI=1S/C21H19F4N5O3/c1-20-8-21(9-20,10-33-20)13-6-30-5-12(27-19(17(30)28-13)32-7-14(22)23)18(31)29-15-4-2-3-11(26-15)16(24)25/h2-6,14,16H,7-10H2,1H3,(H,26,29,31). The number of hydrogen-bond acceptors (Lipinski definition) is 6. The van der Waals surface area contributed by atoms with Crippen LogP contribution in [0.4, 0.5) is 23.4 Å². The van der Waals surface area contributed by atoms with Crippen LogP contribution in [0.3, 0.4) is 0 Å². The fourth-order valence-corrected chi connectivity index (χ4v) is 4.55. The molecule has 12 heteroatoms. The molecule has 3 aromatic heterocycles. The Balaban J connectivity index is 1.48.